The van der Waals surface area contributed by atoms with Gasteiger partial charge in [-0.25, -0.2) is 14.7 Å². The second kappa shape index (κ2) is 4.43. The molecule has 0 N–H and O–H groups in total. The molecular weight excluding hydrogens is 170 g/mol. The van der Waals surface area contributed by atoms with Gasteiger partial charge in [0.2, 0.25) is 0 Å². The maximum absolute atomic E-state index is 10.4. The van der Waals surface area contributed by atoms with Crippen LogP contribution in [0.25, 0.3) is 0 Å². The van der Waals surface area contributed by atoms with E-state index in [9.17, 15) is 9.59 Å². The zero-order chi connectivity index (χ0) is 9.68. The Labute approximate surface area is 75.7 Å². The fourth-order valence-corrected chi connectivity index (χ4v) is 1.08. The highest BCUT2D eigenvalue weighted by molar-refractivity contribution is 5.71. The second-order valence-electron chi connectivity index (χ2n) is 2.47. The summed E-state index contributed by atoms with van der Waals surface area (Å²) in [5.41, 5.74) is 0.468. The van der Waals surface area contributed by atoms with E-state index in [2.05, 4.69) is 6.58 Å². The largest absolute Gasteiger partial charge is 0.269 e. The van der Waals surface area contributed by atoms with Crippen molar-refractivity contribution in [2.24, 2.45) is 0 Å². The Bertz CT molecular complexity index is 309. The zero-order valence-corrected chi connectivity index (χ0v) is 7.08. The molecule has 1 heterocycles. The van der Waals surface area contributed by atoms with E-state index in [1.807, 2.05) is 0 Å². The van der Waals surface area contributed by atoms with Gasteiger partial charge < -0.3 is 0 Å². The number of allylic oxidation sites excluding steroid dienone is 1. The van der Waals surface area contributed by atoms with Crippen LogP contribution in [0.4, 0.5) is 0 Å². The standard InChI is InChI=1S/C9H9NO3/c1-2-5-13-10-4-3-8(6-11)9(10)7-12/h2H,1,3-5H2. The van der Waals surface area contributed by atoms with Gasteiger partial charge in [-0.1, -0.05) is 6.08 Å². The molecule has 1 aliphatic heterocycles. The molecule has 0 atom stereocenters. The minimum absolute atomic E-state index is 0.150. The topological polar surface area (TPSA) is 46.6 Å². The van der Waals surface area contributed by atoms with Crippen molar-refractivity contribution >= 4 is 11.9 Å². The summed E-state index contributed by atoms with van der Waals surface area (Å²) in [6, 6.07) is 0. The van der Waals surface area contributed by atoms with Crippen LogP contribution in [-0.2, 0) is 14.4 Å². The maximum atomic E-state index is 10.4. The highest BCUT2D eigenvalue weighted by Gasteiger charge is 2.24. The van der Waals surface area contributed by atoms with Crippen molar-refractivity contribution in [3.8, 4) is 0 Å². The van der Waals surface area contributed by atoms with E-state index in [4.69, 9.17) is 4.84 Å². The minimum atomic E-state index is 0.150. The van der Waals surface area contributed by atoms with Crippen LogP contribution < -0.4 is 0 Å². The molecule has 4 nitrogen and oxygen atoms in total. The second-order valence-corrected chi connectivity index (χ2v) is 2.47. The monoisotopic (exact) mass is 179 g/mol. The van der Waals surface area contributed by atoms with Gasteiger partial charge in [-0.05, 0) is 0 Å². The molecule has 0 aromatic heterocycles. The molecule has 0 aliphatic carbocycles. The average Bonchev–Trinajstić information content (AvgIpc) is 2.56. The minimum Gasteiger partial charge on any atom is -0.269 e. The summed E-state index contributed by atoms with van der Waals surface area (Å²) in [5, 5.41) is 1.34. The van der Waals surface area contributed by atoms with Crippen molar-refractivity contribution < 1.29 is 14.4 Å². The van der Waals surface area contributed by atoms with Crippen molar-refractivity contribution in [2.45, 2.75) is 6.42 Å². The van der Waals surface area contributed by atoms with Crippen molar-refractivity contribution in [3.63, 3.8) is 0 Å². The van der Waals surface area contributed by atoms with Gasteiger partial charge in [0.05, 0.1) is 18.7 Å². The van der Waals surface area contributed by atoms with Gasteiger partial charge in [-0.3, -0.25) is 4.84 Å². The normalized spacial score (nSPS) is 15.5. The fraction of sp³-hybridized carbons (Fsp3) is 0.333. The SMILES string of the molecule is C=CCON1CCC(=C=O)C1=C=O. The molecule has 1 fully saturated rings. The van der Waals surface area contributed by atoms with Gasteiger partial charge in [-0.15, -0.1) is 6.58 Å². The van der Waals surface area contributed by atoms with Gasteiger partial charge in [0, 0.05) is 6.42 Å². The Balaban J connectivity index is 2.75. The number of rotatable bonds is 3. The first kappa shape index (κ1) is 9.49. The molecule has 4 heteroatoms. The van der Waals surface area contributed by atoms with Gasteiger partial charge in [0.15, 0.2) is 11.6 Å². The number of hydroxylamine groups is 2. The molecule has 68 valence electrons. The smallest absolute Gasteiger partial charge is 0.161 e. The lowest BCUT2D eigenvalue weighted by molar-refractivity contribution is -0.104. The van der Waals surface area contributed by atoms with Crippen LogP contribution in [0.1, 0.15) is 6.42 Å². The van der Waals surface area contributed by atoms with Crippen LogP contribution in [0.2, 0.25) is 0 Å². The molecule has 1 saturated heterocycles. The van der Waals surface area contributed by atoms with E-state index < -0.39 is 0 Å². The lowest BCUT2D eigenvalue weighted by Crippen LogP contribution is -2.18. The maximum Gasteiger partial charge on any atom is 0.161 e. The van der Waals surface area contributed by atoms with Crippen LogP contribution >= 0.6 is 0 Å². The summed E-state index contributed by atoms with van der Waals surface area (Å²) in [5.74, 6) is 3.35. The summed E-state index contributed by atoms with van der Waals surface area (Å²) in [6.07, 6.45) is 2.04. The van der Waals surface area contributed by atoms with Crippen LogP contribution in [0.3, 0.4) is 0 Å². The third kappa shape index (κ3) is 1.95. The molecule has 1 rings (SSSR count). The van der Waals surface area contributed by atoms with Gasteiger partial charge in [0.1, 0.15) is 5.94 Å². The van der Waals surface area contributed by atoms with Gasteiger partial charge in [-0.2, -0.15) is 0 Å². The third-order valence-electron chi connectivity index (χ3n) is 1.67. The molecule has 0 unspecified atom stereocenters. The van der Waals surface area contributed by atoms with Crippen LogP contribution in [0, 0.1) is 0 Å². The Kier molecular flexibility index (Phi) is 3.23. The zero-order valence-electron chi connectivity index (χ0n) is 7.08. The predicted molar refractivity (Wildman–Crippen MR) is 45.9 cm³/mol. The highest BCUT2D eigenvalue weighted by Crippen LogP contribution is 2.22. The van der Waals surface area contributed by atoms with Crippen molar-refractivity contribution in [3.05, 3.63) is 23.9 Å². The van der Waals surface area contributed by atoms with Gasteiger partial charge >= 0.3 is 0 Å². The quantitative estimate of drug-likeness (QED) is 0.461. The van der Waals surface area contributed by atoms with E-state index in [0.29, 0.717) is 25.1 Å². The Hall–Kier alpha value is -1.60. The third-order valence-corrected chi connectivity index (χ3v) is 1.67. The molecule has 0 bridgehead atoms. The van der Waals surface area contributed by atoms with E-state index in [1.54, 1.807) is 18.0 Å². The van der Waals surface area contributed by atoms with Crippen LogP contribution in [-0.4, -0.2) is 30.1 Å². The number of hydrogen-bond acceptors (Lipinski definition) is 4. The average molecular weight is 179 g/mol. The number of nitrogens with zero attached hydrogens (tertiary/aromatic N) is 1. The Morgan fingerprint density at radius 3 is 2.85 bits per heavy atom. The Morgan fingerprint density at radius 1 is 1.54 bits per heavy atom. The molecule has 0 spiro atoms. The summed E-state index contributed by atoms with van der Waals surface area (Å²) < 4.78 is 0. The lowest BCUT2D eigenvalue weighted by Gasteiger charge is -2.14. The molecule has 0 saturated carbocycles. The first-order chi connectivity index (χ1) is 6.33. The Morgan fingerprint density at radius 2 is 2.31 bits per heavy atom. The molecule has 1 aliphatic rings. The van der Waals surface area contributed by atoms with E-state index >= 15 is 0 Å². The molecule has 0 aromatic carbocycles. The number of carbonyl (C=O) groups excluding carboxylic acids is 2. The first-order valence-electron chi connectivity index (χ1n) is 3.84. The summed E-state index contributed by atoms with van der Waals surface area (Å²) in [6.45, 7) is 4.26. The van der Waals surface area contributed by atoms with Crippen molar-refractivity contribution in [2.75, 3.05) is 13.2 Å². The highest BCUT2D eigenvalue weighted by atomic mass is 16.7. The van der Waals surface area contributed by atoms with Gasteiger partial charge in [0.25, 0.3) is 0 Å². The molecule has 13 heavy (non-hydrogen) atoms. The number of hydrogen-bond donors (Lipinski definition) is 0. The molecule has 0 radical (unpaired) electrons. The molecular formula is C9H9NO3. The van der Waals surface area contributed by atoms with E-state index in [0.717, 1.165) is 0 Å². The van der Waals surface area contributed by atoms with Crippen LogP contribution in [0.5, 0.6) is 0 Å². The summed E-state index contributed by atoms with van der Waals surface area (Å²) in [7, 11) is 0. The van der Waals surface area contributed by atoms with Crippen molar-refractivity contribution in [1.82, 2.24) is 5.06 Å². The summed E-state index contributed by atoms with van der Waals surface area (Å²) >= 11 is 0. The first-order valence-corrected chi connectivity index (χ1v) is 3.84. The fourth-order valence-electron chi connectivity index (χ4n) is 1.08. The molecule has 0 amide bonds. The van der Waals surface area contributed by atoms with Crippen LogP contribution in [0.15, 0.2) is 23.9 Å². The van der Waals surface area contributed by atoms with E-state index in [1.165, 1.54) is 5.06 Å². The summed E-state index contributed by atoms with van der Waals surface area (Å²) in [4.78, 5) is 25.9. The lowest BCUT2D eigenvalue weighted by atomic mass is 10.2. The van der Waals surface area contributed by atoms with Crippen molar-refractivity contribution in [1.29, 1.82) is 0 Å². The molecule has 0 aromatic rings. The predicted octanol–water partition coefficient (Wildman–Crippen LogP) is 0.283. The van der Waals surface area contributed by atoms with E-state index in [-0.39, 0.29) is 5.70 Å².